The molecule has 3 nitrogen and oxygen atoms in total. The van der Waals surface area contributed by atoms with Crippen molar-refractivity contribution in [2.24, 2.45) is 5.92 Å². The summed E-state index contributed by atoms with van der Waals surface area (Å²) in [5, 5.41) is 5.35. The molecule has 0 heterocycles. The van der Waals surface area contributed by atoms with Crippen LogP contribution in [0.2, 0.25) is 0 Å². The summed E-state index contributed by atoms with van der Waals surface area (Å²) in [5.74, 6) is 0.0682. The number of benzene rings is 1. The van der Waals surface area contributed by atoms with Crippen molar-refractivity contribution in [1.29, 1.82) is 0 Å². The lowest BCUT2D eigenvalue weighted by atomic mass is 10.2. The lowest BCUT2D eigenvalue weighted by Crippen LogP contribution is -2.32. The lowest BCUT2D eigenvalue weighted by molar-refractivity contribution is -0.138. The van der Waals surface area contributed by atoms with Crippen LogP contribution in [0.4, 0.5) is 18.9 Å². The molecule has 0 aliphatic heterocycles. The third-order valence-electron chi connectivity index (χ3n) is 2.43. The van der Waals surface area contributed by atoms with Crippen molar-refractivity contribution in [2.75, 3.05) is 18.4 Å². The van der Waals surface area contributed by atoms with Crippen LogP contribution in [-0.2, 0) is 11.0 Å². The summed E-state index contributed by atoms with van der Waals surface area (Å²) in [4.78, 5) is 11.5. The van der Waals surface area contributed by atoms with Gasteiger partial charge >= 0.3 is 6.18 Å². The van der Waals surface area contributed by atoms with Gasteiger partial charge in [-0.25, -0.2) is 0 Å². The van der Waals surface area contributed by atoms with Gasteiger partial charge in [-0.3, -0.25) is 4.79 Å². The number of halogens is 4. The zero-order chi connectivity index (χ0) is 15.3. The Morgan fingerprint density at radius 3 is 2.55 bits per heavy atom. The molecule has 7 heteroatoms. The van der Waals surface area contributed by atoms with Crippen LogP contribution in [0.1, 0.15) is 19.4 Å². The number of carbonyl (C=O) groups excluding carboxylic acids is 1. The predicted molar refractivity (Wildman–Crippen MR) is 75.5 cm³/mol. The molecular weight excluding hydrogens is 337 g/mol. The first kappa shape index (κ1) is 16.8. The average Bonchev–Trinajstić information content (AvgIpc) is 2.33. The molecule has 0 saturated heterocycles. The zero-order valence-corrected chi connectivity index (χ0v) is 12.7. The third kappa shape index (κ3) is 5.40. The van der Waals surface area contributed by atoms with E-state index in [2.05, 4.69) is 26.6 Å². The van der Waals surface area contributed by atoms with Gasteiger partial charge in [0.1, 0.15) is 0 Å². The number of nitrogens with one attached hydrogen (secondary N) is 2. The van der Waals surface area contributed by atoms with Crippen molar-refractivity contribution in [2.45, 2.75) is 20.0 Å². The Balaban J connectivity index is 2.63. The molecule has 0 unspecified atom stereocenters. The summed E-state index contributed by atoms with van der Waals surface area (Å²) >= 11 is 2.86. The summed E-state index contributed by atoms with van der Waals surface area (Å²) < 4.78 is 38.1. The Labute approximate surface area is 124 Å². The molecule has 0 bridgehead atoms. The van der Waals surface area contributed by atoms with Crippen LogP contribution in [0.15, 0.2) is 22.7 Å². The minimum atomic E-state index is -4.43. The van der Waals surface area contributed by atoms with Crippen LogP contribution in [0.25, 0.3) is 0 Å². The van der Waals surface area contributed by atoms with Gasteiger partial charge < -0.3 is 10.6 Å². The Morgan fingerprint density at radius 2 is 2.00 bits per heavy atom. The second-order valence-corrected chi connectivity index (χ2v) is 5.60. The Kier molecular flexibility index (Phi) is 5.86. The minimum absolute atomic E-state index is 0.0280. The number of hydrogen-bond donors (Lipinski definition) is 2. The molecule has 0 radical (unpaired) electrons. The maximum atomic E-state index is 12.7. The highest BCUT2D eigenvalue weighted by Crippen LogP contribution is 2.36. The van der Waals surface area contributed by atoms with Crippen LogP contribution in [0.5, 0.6) is 0 Å². The van der Waals surface area contributed by atoms with Crippen molar-refractivity contribution in [3.8, 4) is 0 Å². The highest BCUT2D eigenvalue weighted by Gasteiger charge is 2.33. The number of amides is 1. The second kappa shape index (κ2) is 6.97. The largest absolute Gasteiger partial charge is 0.417 e. The average molecular weight is 353 g/mol. The van der Waals surface area contributed by atoms with Gasteiger partial charge in [-0.05, 0) is 24.1 Å². The monoisotopic (exact) mass is 352 g/mol. The van der Waals surface area contributed by atoms with Gasteiger partial charge in [0.05, 0.1) is 12.1 Å². The summed E-state index contributed by atoms with van der Waals surface area (Å²) in [7, 11) is 0. The predicted octanol–water partition coefficient (Wildman–Crippen LogP) is 3.65. The fraction of sp³-hybridized carbons (Fsp3) is 0.462. The van der Waals surface area contributed by atoms with Crippen molar-refractivity contribution in [1.82, 2.24) is 5.32 Å². The fourth-order valence-corrected chi connectivity index (χ4v) is 1.89. The smallest absolute Gasteiger partial charge is 0.376 e. The Morgan fingerprint density at radius 1 is 1.35 bits per heavy atom. The molecule has 112 valence electrons. The van der Waals surface area contributed by atoms with Gasteiger partial charge in [-0.2, -0.15) is 13.2 Å². The minimum Gasteiger partial charge on any atom is -0.376 e. The molecule has 0 spiro atoms. The van der Waals surface area contributed by atoms with Crippen LogP contribution < -0.4 is 10.6 Å². The molecule has 0 saturated carbocycles. The SMILES string of the molecule is CC(C)CNC(=O)CNc1ccc(Br)c(C(F)(F)F)c1. The quantitative estimate of drug-likeness (QED) is 0.849. The van der Waals surface area contributed by atoms with E-state index >= 15 is 0 Å². The Hall–Kier alpha value is -1.24. The van der Waals surface area contributed by atoms with Gasteiger partial charge in [0.25, 0.3) is 0 Å². The molecule has 1 amide bonds. The van der Waals surface area contributed by atoms with Gasteiger partial charge in [0, 0.05) is 16.7 Å². The van der Waals surface area contributed by atoms with Gasteiger partial charge in [0.2, 0.25) is 5.91 Å². The topological polar surface area (TPSA) is 41.1 Å². The number of rotatable bonds is 5. The van der Waals surface area contributed by atoms with Crippen LogP contribution in [0, 0.1) is 5.92 Å². The molecule has 0 fully saturated rings. The van der Waals surface area contributed by atoms with Crippen LogP contribution in [-0.4, -0.2) is 19.0 Å². The molecular formula is C13H16BrF3N2O. The summed E-state index contributed by atoms with van der Waals surface area (Å²) in [5.41, 5.74) is -0.523. The Bertz CT molecular complexity index is 475. The summed E-state index contributed by atoms with van der Waals surface area (Å²) in [6.07, 6.45) is -4.43. The van der Waals surface area contributed by atoms with E-state index in [0.29, 0.717) is 12.5 Å². The van der Waals surface area contributed by atoms with Gasteiger partial charge in [-0.15, -0.1) is 0 Å². The maximum Gasteiger partial charge on any atom is 0.417 e. The van der Waals surface area contributed by atoms with E-state index in [4.69, 9.17) is 0 Å². The lowest BCUT2D eigenvalue weighted by Gasteiger charge is -2.13. The summed E-state index contributed by atoms with van der Waals surface area (Å²) in [6.45, 7) is 4.39. The first-order chi connectivity index (χ1) is 9.20. The van der Waals surface area contributed by atoms with Crippen molar-refractivity contribution >= 4 is 27.5 Å². The molecule has 1 aromatic rings. The second-order valence-electron chi connectivity index (χ2n) is 4.74. The molecule has 0 aliphatic carbocycles. The van der Waals surface area contributed by atoms with Crippen molar-refractivity contribution in [3.05, 3.63) is 28.2 Å². The van der Waals surface area contributed by atoms with Gasteiger partial charge in [-0.1, -0.05) is 29.8 Å². The van der Waals surface area contributed by atoms with E-state index in [1.54, 1.807) is 0 Å². The normalized spacial score (nSPS) is 11.6. The van der Waals surface area contributed by atoms with Crippen molar-refractivity contribution < 1.29 is 18.0 Å². The van der Waals surface area contributed by atoms with Gasteiger partial charge in [0.15, 0.2) is 0 Å². The molecule has 1 rings (SSSR count). The van der Waals surface area contributed by atoms with E-state index in [1.165, 1.54) is 12.1 Å². The molecule has 0 atom stereocenters. The number of alkyl halides is 3. The first-order valence-electron chi connectivity index (χ1n) is 6.07. The molecule has 0 aromatic heterocycles. The number of anilines is 1. The fourth-order valence-electron chi connectivity index (χ4n) is 1.42. The highest BCUT2D eigenvalue weighted by atomic mass is 79.9. The van der Waals surface area contributed by atoms with Crippen LogP contribution in [0.3, 0.4) is 0 Å². The van der Waals surface area contributed by atoms with E-state index in [1.807, 2.05) is 13.8 Å². The van der Waals surface area contributed by atoms with Crippen molar-refractivity contribution in [3.63, 3.8) is 0 Å². The van der Waals surface area contributed by atoms with E-state index in [0.717, 1.165) is 6.07 Å². The van der Waals surface area contributed by atoms with E-state index in [9.17, 15) is 18.0 Å². The summed E-state index contributed by atoms with van der Waals surface area (Å²) in [6, 6.07) is 3.76. The first-order valence-corrected chi connectivity index (χ1v) is 6.86. The zero-order valence-electron chi connectivity index (χ0n) is 11.1. The standard InChI is InChI=1S/C13H16BrF3N2O/c1-8(2)6-19-12(20)7-18-9-3-4-11(14)10(5-9)13(15,16)17/h3-5,8,18H,6-7H2,1-2H3,(H,19,20). The highest BCUT2D eigenvalue weighted by molar-refractivity contribution is 9.10. The van der Waals surface area contributed by atoms with E-state index < -0.39 is 11.7 Å². The van der Waals surface area contributed by atoms with E-state index in [-0.39, 0.29) is 22.6 Å². The number of hydrogen-bond acceptors (Lipinski definition) is 2. The van der Waals surface area contributed by atoms with Crippen LogP contribution >= 0.6 is 15.9 Å². The molecule has 20 heavy (non-hydrogen) atoms. The molecule has 2 N–H and O–H groups in total. The maximum absolute atomic E-state index is 12.7. The molecule has 0 aliphatic rings. The molecule has 1 aromatic carbocycles. The number of carbonyl (C=O) groups is 1. The third-order valence-corrected chi connectivity index (χ3v) is 3.12.